The predicted molar refractivity (Wildman–Crippen MR) is 97.1 cm³/mol. The van der Waals surface area contributed by atoms with Gasteiger partial charge >= 0.3 is 0 Å². The molecule has 1 aromatic carbocycles. The van der Waals surface area contributed by atoms with E-state index in [9.17, 15) is 23.3 Å². The van der Waals surface area contributed by atoms with E-state index in [1.807, 2.05) is 18.7 Å². The molecule has 1 N–H and O–H groups in total. The van der Waals surface area contributed by atoms with E-state index >= 15 is 0 Å². The van der Waals surface area contributed by atoms with Crippen LogP contribution >= 0.6 is 0 Å². The molecule has 1 fully saturated rings. The zero-order valence-corrected chi connectivity index (χ0v) is 15.9. The van der Waals surface area contributed by atoms with Gasteiger partial charge < -0.3 is 4.90 Å². The first kappa shape index (κ1) is 20.3. The average Bonchev–Trinajstić information content (AvgIpc) is 2.63. The molecule has 9 heteroatoms. The molecule has 1 aliphatic rings. The molecule has 0 aromatic heterocycles. The Hall–Kier alpha value is -2.00. The molecular formula is C17H25N3O5S. The first-order valence-electron chi connectivity index (χ1n) is 8.84. The summed E-state index contributed by atoms with van der Waals surface area (Å²) in [6, 6.07) is 4.55. The molecule has 1 heterocycles. The SMILES string of the molecule is CCC(CC)C(=O)N1CCC(NS(=O)(=O)c2ccc([N+](=O)[O-])cc2)CC1. The number of carbonyl (C=O) groups excluding carboxylic acids is 1. The number of hydrogen-bond donors (Lipinski definition) is 1. The summed E-state index contributed by atoms with van der Waals surface area (Å²) in [4.78, 5) is 24.3. The lowest BCUT2D eigenvalue weighted by Crippen LogP contribution is -2.47. The first-order chi connectivity index (χ1) is 12.3. The largest absolute Gasteiger partial charge is 0.342 e. The number of rotatable bonds is 7. The summed E-state index contributed by atoms with van der Waals surface area (Å²) >= 11 is 0. The van der Waals surface area contributed by atoms with Crippen LogP contribution in [0.15, 0.2) is 29.2 Å². The van der Waals surface area contributed by atoms with Crippen LogP contribution in [0.4, 0.5) is 5.69 Å². The van der Waals surface area contributed by atoms with Crippen LogP contribution in [0, 0.1) is 16.0 Å². The Bertz CT molecular complexity index is 736. The number of piperidine rings is 1. The number of nitrogens with one attached hydrogen (secondary N) is 1. The summed E-state index contributed by atoms with van der Waals surface area (Å²) in [6.07, 6.45) is 2.72. The van der Waals surface area contributed by atoms with Crippen molar-refractivity contribution in [3.8, 4) is 0 Å². The standard InChI is InChI=1S/C17H25N3O5S/c1-3-13(4-2)17(21)19-11-9-14(10-12-19)18-26(24,25)16-7-5-15(6-8-16)20(22)23/h5-8,13-14,18H,3-4,9-12H2,1-2H3. The number of likely N-dealkylation sites (tertiary alicyclic amines) is 1. The molecule has 0 bridgehead atoms. The quantitative estimate of drug-likeness (QED) is 0.574. The Morgan fingerprint density at radius 3 is 2.23 bits per heavy atom. The van der Waals surface area contributed by atoms with E-state index in [1.54, 1.807) is 0 Å². The minimum Gasteiger partial charge on any atom is -0.342 e. The van der Waals surface area contributed by atoms with Gasteiger partial charge in [-0.05, 0) is 37.8 Å². The molecule has 0 saturated carbocycles. The molecule has 1 amide bonds. The van der Waals surface area contributed by atoms with Crippen molar-refractivity contribution in [1.29, 1.82) is 0 Å². The Morgan fingerprint density at radius 2 is 1.77 bits per heavy atom. The monoisotopic (exact) mass is 383 g/mol. The van der Waals surface area contributed by atoms with Crippen LogP contribution in [0.2, 0.25) is 0 Å². The van der Waals surface area contributed by atoms with E-state index in [0.29, 0.717) is 25.9 Å². The summed E-state index contributed by atoms with van der Waals surface area (Å²) in [5.41, 5.74) is -0.155. The zero-order valence-electron chi connectivity index (χ0n) is 15.1. The van der Waals surface area contributed by atoms with Crippen LogP contribution in [0.1, 0.15) is 39.5 Å². The lowest BCUT2D eigenvalue weighted by atomic mass is 9.99. The van der Waals surface area contributed by atoms with Gasteiger partial charge in [0.2, 0.25) is 15.9 Å². The second-order valence-corrected chi connectivity index (χ2v) is 8.20. The molecule has 0 radical (unpaired) electrons. The van der Waals surface area contributed by atoms with E-state index < -0.39 is 14.9 Å². The second-order valence-electron chi connectivity index (χ2n) is 6.49. The summed E-state index contributed by atoms with van der Waals surface area (Å²) in [6.45, 7) is 5.06. The molecule has 0 atom stereocenters. The zero-order chi connectivity index (χ0) is 19.3. The third-order valence-electron chi connectivity index (χ3n) is 4.82. The van der Waals surface area contributed by atoms with Crippen molar-refractivity contribution in [2.45, 2.75) is 50.5 Å². The topological polar surface area (TPSA) is 110 Å². The molecule has 1 saturated heterocycles. The van der Waals surface area contributed by atoms with Gasteiger partial charge in [0.25, 0.3) is 5.69 Å². The number of carbonyl (C=O) groups is 1. The summed E-state index contributed by atoms with van der Waals surface area (Å²) < 4.78 is 27.5. The van der Waals surface area contributed by atoms with Crippen LogP contribution in [0.3, 0.4) is 0 Å². The number of sulfonamides is 1. The van der Waals surface area contributed by atoms with Gasteiger partial charge in [0.05, 0.1) is 9.82 Å². The third kappa shape index (κ3) is 4.79. The van der Waals surface area contributed by atoms with E-state index in [0.717, 1.165) is 12.8 Å². The summed E-state index contributed by atoms with van der Waals surface area (Å²) in [5.74, 6) is 0.176. The van der Waals surface area contributed by atoms with Crippen molar-refractivity contribution in [2.24, 2.45) is 5.92 Å². The number of nitro groups is 1. The van der Waals surface area contributed by atoms with Crippen molar-refractivity contribution in [2.75, 3.05) is 13.1 Å². The van der Waals surface area contributed by atoms with Crippen LogP contribution < -0.4 is 4.72 Å². The van der Waals surface area contributed by atoms with Gasteiger partial charge in [-0.25, -0.2) is 13.1 Å². The Morgan fingerprint density at radius 1 is 1.23 bits per heavy atom. The van der Waals surface area contributed by atoms with E-state index in [-0.39, 0.29) is 28.4 Å². The highest BCUT2D eigenvalue weighted by molar-refractivity contribution is 7.89. The maximum Gasteiger partial charge on any atom is 0.269 e. The molecule has 1 aromatic rings. The highest BCUT2D eigenvalue weighted by Crippen LogP contribution is 2.20. The van der Waals surface area contributed by atoms with E-state index in [2.05, 4.69) is 4.72 Å². The molecule has 0 unspecified atom stereocenters. The fourth-order valence-corrected chi connectivity index (χ4v) is 4.45. The highest BCUT2D eigenvalue weighted by atomic mass is 32.2. The maximum absolute atomic E-state index is 12.4. The molecule has 26 heavy (non-hydrogen) atoms. The van der Waals surface area contributed by atoms with Crippen molar-refractivity contribution < 1.29 is 18.1 Å². The highest BCUT2D eigenvalue weighted by Gasteiger charge is 2.29. The van der Waals surface area contributed by atoms with Gasteiger partial charge in [-0.1, -0.05) is 13.8 Å². The number of nitrogens with zero attached hydrogens (tertiary/aromatic N) is 2. The fourth-order valence-electron chi connectivity index (χ4n) is 3.15. The summed E-state index contributed by atoms with van der Waals surface area (Å²) in [5, 5.41) is 10.7. The average molecular weight is 383 g/mol. The molecule has 2 rings (SSSR count). The number of nitro benzene ring substituents is 1. The predicted octanol–water partition coefficient (Wildman–Crippen LogP) is 2.30. The van der Waals surface area contributed by atoms with E-state index in [4.69, 9.17) is 0 Å². The van der Waals surface area contributed by atoms with Gasteiger partial charge in [-0.15, -0.1) is 0 Å². The summed E-state index contributed by atoms with van der Waals surface area (Å²) in [7, 11) is -3.74. The molecule has 8 nitrogen and oxygen atoms in total. The fraction of sp³-hybridized carbons (Fsp3) is 0.588. The number of non-ortho nitro benzene ring substituents is 1. The maximum atomic E-state index is 12.4. The minimum atomic E-state index is -3.74. The van der Waals surface area contributed by atoms with Gasteiger partial charge in [0.15, 0.2) is 0 Å². The molecule has 0 spiro atoms. The van der Waals surface area contributed by atoms with Crippen LogP contribution in [0.25, 0.3) is 0 Å². The first-order valence-corrected chi connectivity index (χ1v) is 10.3. The van der Waals surface area contributed by atoms with Crippen LogP contribution in [0.5, 0.6) is 0 Å². The van der Waals surface area contributed by atoms with Crippen molar-refractivity contribution in [3.05, 3.63) is 34.4 Å². The van der Waals surface area contributed by atoms with Gasteiger partial charge in [0.1, 0.15) is 0 Å². The normalized spacial score (nSPS) is 16.0. The van der Waals surface area contributed by atoms with Crippen LogP contribution in [-0.4, -0.2) is 43.3 Å². The van der Waals surface area contributed by atoms with Gasteiger partial charge in [0, 0.05) is 37.2 Å². The second kappa shape index (κ2) is 8.59. The smallest absolute Gasteiger partial charge is 0.269 e. The number of hydrogen-bond acceptors (Lipinski definition) is 5. The Balaban J connectivity index is 1.95. The lowest BCUT2D eigenvalue weighted by Gasteiger charge is -2.34. The Labute approximate surface area is 153 Å². The molecular weight excluding hydrogens is 358 g/mol. The van der Waals surface area contributed by atoms with Crippen LogP contribution in [-0.2, 0) is 14.8 Å². The van der Waals surface area contributed by atoms with E-state index in [1.165, 1.54) is 24.3 Å². The molecule has 144 valence electrons. The third-order valence-corrected chi connectivity index (χ3v) is 6.36. The number of amides is 1. The molecule has 1 aliphatic heterocycles. The van der Waals surface area contributed by atoms with Crippen molar-refractivity contribution in [1.82, 2.24) is 9.62 Å². The van der Waals surface area contributed by atoms with Crippen molar-refractivity contribution in [3.63, 3.8) is 0 Å². The van der Waals surface area contributed by atoms with Crippen molar-refractivity contribution >= 4 is 21.6 Å². The minimum absolute atomic E-state index is 0.00126. The lowest BCUT2D eigenvalue weighted by molar-refractivity contribution is -0.384. The Kier molecular flexibility index (Phi) is 6.71. The number of benzene rings is 1. The van der Waals surface area contributed by atoms with Gasteiger partial charge in [-0.2, -0.15) is 0 Å². The molecule has 0 aliphatic carbocycles. The van der Waals surface area contributed by atoms with Gasteiger partial charge in [-0.3, -0.25) is 14.9 Å².